The number of fused-ring (bicyclic) bond motifs is 3. The number of hydrogen-bond donors (Lipinski definition) is 0. The van der Waals surface area contributed by atoms with Crippen molar-refractivity contribution in [3.8, 4) is 46.0 Å². The summed E-state index contributed by atoms with van der Waals surface area (Å²) in [4.78, 5) is 0. The van der Waals surface area contributed by atoms with E-state index < -0.39 is 0 Å². The second-order valence-corrected chi connectivity index (χ2v) is 27.7. The van der Waals surface area contributed by atoms with E-state index in [-0.39, 0.29) is 0 Å². The average Bonchev–Trinajstić information content (AvgIpc) is 0.776. The van der Waals surface area contributed by atoms with Crippen molar-refractivity contribution in [3.63, 3.8) is 0 Å². The van der Waals surface area contributed by atoms with Crippen LogP contribution in [-0.4, -0.2) is 52.9 Å². The summed E-state index contributed by atoms with van der Waals surface area (Å²) in [5.74, 6) is 6.01. The van der Waals surface area contributed by atoms with Gasteiger partial charge in [0.25, 0.3) is 0 Å². The van der Waals surface area contributed by atoms with Crippen LogP contribution in [0.1, 0.15) is 245 Å². The van der Waals surface area contributed by atoms with Gasteiger partial charge in [0.2, 0.25) is 11.5 Å². The standard InChI is InChI=1S/C94H120O8/c1-9-17-23-29-57-96-87-66-74(67-88(97-58-30-24-18-10-2)93(87)101-61-33-27-21-13-5)38-44-76-46-48-78-43-37-73-42-54-83-86(65-73)80(70-91(95-55-15-7)92(83)100-56-16-8)51-50-79-49-47-77(82-53-41-72(64-85(79)82)36-35-71-40-52-81(76)84(78)63-71)45-39-75-68-89(98-59-31-25-19-11-3)94(102-62-34-28-22-14-6)90(69-75)99-60-32-26-20-12-4/h35-54,63-70H,9-34,55-62H2,1-8H3/b36-35?,43-37?,44-38+,45-39+,51-50?,71-35?,72-36?,73-37?,78-43?,79-50?,80-51?. The topological polar surface area (TPSA) is 73.8 Å². The highest BCUT2D eigenvalue weighted by atomic mass is 16.6. The number of benzene rings is 8. The Morgan fingerprint density at radius 3 is 0.873 bits per heavy atom. The molecule has 8 nitrogen and oxygen atoms in total. The molecule has 0 saturated carbocycles. The van der Waals surface area contributed by atoms with E-state index in [9.17, 15) is 0 Å². The van der Waals surface area contributed by atoms with E-state index >= 15 is 0 Å². The molecule has 9 aromatic rings. The summed E-state index contributed by atoms with van der Waals surface area (Å²) in [5.41, 5.74) is 4.24. The van der Waals surface area contributed by atoms with Crippen molar-refractivity contribution in [2.45, 2.75) is 222 Å². The van der Waals surface area contributed by atoms with Crippen molar-refractivity contribution in [2.24, 2.45) is 0 Å². The smallest absolute Gasteiger partial charge is 0.203 e. The van der Waals surface area contributed by atoms with Gasteiger partial charge in [0.15, 0.2) is 34.5 Å². The van der Waals surface area contributed by atoms with E-state index in [1.807, 2.05) is 0 Å². The first kappa shape index (κ1) is 77.8. The van der Waals surface area contributed by atoms with E-state index in [0.717, 1.165) is 223 Å². The zero-order valence-electron chi connectivity index (χ0n) is 63.5. The van der Waals surface area contributed by atoms with Crippen LogP contribution < -0.4 is 37.9 Å². The van der Waals surface area contributed by atoms with Gasteiger partial charge in [-0.05, 0) is 187 Å². The van der Waals surface area contributed by atoms with E-state index in [1.165, 1.54) is 77.0 Å². The maximum atomic E-state index is 6.68. The van der Waals surface area contributed by atoms with Gasteiger partial charge in [0.05, 0.1) is 52.9 Å². The summed E-state index contributed by atoms with van der Waals surface area (Å²) >= 11 is 0. The molecule has 0 atom stereocenters. The third-order valence-electron chi connectivity index (χ3n) is 19.1. The van der Waals surface area contributed by atoms with Gasteiger partial charge in [-0.3, -0.25) is 0 Å². The lowest BCUT2D eigenvalue weighted by molar-refractivity contribution is 0.234. The zero-order valence-corrected chi connectivity index (χ0v) is 63.5. The third-order valence-corrected chi connectivity index (χ3v) is 19.1. The summed E-state index contributed by atoms with van der Waals surface area (Å²) < 4.78 is 53.2. The molecule has 0 aliphatic heterocycles. The number of rotatable bonds is 46. The van der Waals surface area contributed by atoms with Crippen LogP contribution in [0.4, 0.5) is 0 Å². The summed E-state index contributed by atoms with van der Waals surface area (Å²) in [6, 6.07) is 53.9. The van der Waals surface area contributed by atoms with Gasteiger partial charge < -0.3 is 37.9 Å². The highest BCUT2D eigenvalue weighted by molar-refractivity contribution is 6.09. The molecule has 0 aliphatic rings. The van der Waals surface area contributed by atoms with Gasteiger partial charge in [0, 0.05) is 5.39 Å². The van der Waals surface area contributed by atoms with Crippen LogP contribution in [-0.2, 0) is 0 Å². The monoisotopic (exact) mass is 1380 g/mol. The Kier molecular flexibility index (Phi) is 33.2. The van der Waals surface area contributed by atoms with E-state index in [4.69, 9.17) is 37.9 Å². The minimum absolute atomic E-state index is 0.585. The van der Waals surface area contributed by atoms with Gasteiger partial charge in [-0.15, -0.1) is 0 Å². The Hall–Kier alpha value is -8.36. The predicted octanol–water partition coefficient (Wildman–Crippen LogP) is 28.0. The minimum Gasteiger partial charge on any atom is -0.490 e. The molecule has 544 valence electrons. The second kappa shape index (κ2) is 43.6. The lowest BCUT2D eigenvalue weighted by atomic mass is 9.97. The Bertz CT molecular complexity index is 4150. The molecule has 0 heterocycles. The van der Waals surface area contributed by atoms with Crippen LogP contribution >= 0.6 is 0 Å². The highest BCUT2D eigenvalue weighted by Crippen LogP contribution is 2.44. The average molecular weight is 1380 g/mol. The first-order chi connectivity index (χ1) is 50.3. The summed E-state index contributed by atoms with van der Waals surface area (Å²) in [5, 5.41) is 13.3. The molecule has 0 fully saturated rings. The summed E-state index contributed by atoms with van der Waals surface area (Å²) in [6.45, 7) is 22.7. The maximum absolute atomic E-state index is 6.68. The van der Waals surface area contributed by atoms with Gasteiger partial charge >= 0.3 is 0 Å². The molecular weight excluding hydrogens is 1260 g/mol. The Morgan fingerprint density at radius 2 is 0.490 bits per heavy atom. The molecule has 8 heteroatoms. The van der Waals surface area contributed by atoms with Gasteiger partial charge in [-0.2, -0.15) is 0 Å². The van der Waals surface area contributed by atoms with Gasteiger partial charge in [-0.1, -0.05) is 286 Å². The van der Waals surface area contributed by atoms with Crippen LogP contribution in [0.2, 0.25) is 0 Å². The number of unbranched alkanes of at least 4 members (excludes halogenated alkanes) is 18. The minimum atomic E-state index is 0.585. The SMILES string of the molecule is CCCCCCOc1cc(/C=C/c2ccc3ccc4ccc5c(OCCC)c(OCCC)cc(ccc6ccc(/C=C/c7cc(OCCCCCC)c(OCCCCCC)c(OCCCCCC)c7)c7ccc(ccc8ccc2c3c8)cc67)c5c4)cc(OCCCCCC)c1OCCCCCC. The van der Waals surface area contributed by atoms with Crippen LogP contribution in [0, 0.1) is 0 Å². The molecule has 102 heavy (non-hydrogen) atoms. The van der Waals surface area contributed by atoms with Gasteiger partial charge in [-0.25, -0.2) is 0 Å². The fourth-order valence-electron chi connectivity index (χ4n) is 13.2. The van der Waals surface area contributed by atoms with E-state index in [2.05, 4.69) is 225 Å². The van der Waals surface area contributed by atoms with Crippen molar-refractivity contribution in [1.29, 1.82) is 0 Å². The van der Waals surface area contributed by atoms with Crippen LogP contribution in [0.25, 0.3) is 88.9 Å². The normalized spacial score (nSPS) is 11.6. The number of ether oxygens (including phenoxy) is 8. The lowest BCUT2D eigenvalue weighted by Crippen LogP contribution is -2.06. The molecule has 6 bridgehead atoms. The fraction of sp³-hybridized carbons (Fsp3) is 0.447. The lowest BCUT2D eigenvalue weighted by Gasteiger charge is -2.18. The molecule has 0 unspecified atom stereocenters. The van der Waals surface area contributed by atoms with Crippen LogP contribution in [0.5, 0.6) is 46.0 Å². The molecule has 0 spiro atoms. The molecule has 0 N–H and O–H groups in total. The Labute approximate surface area is 612 Å². The highest BCUT2D eigenvalue weighted by Gasteiger charge is 2.19. The Balaban J connectivity index is 1.19. The van der Waals surface area contributed by atoms with E-state index in [0.29, 0.717) is 52.9 Å². The molecule has 0 aromatic heterocycles. The molecule has 0 saturated heterocycles. The number of hydrogen-bond acceptors (Lipinski definition) is 8. The van der Waals surface area contributed by atoms with Crippen molar-refractivity contribution >= 4 is 88.9 Å². The zero-order chi connectivity index (χ0) is 71.4. The van der Waals surface area contributed by atoms with Gasteiger partial charge in [0.1, 0.15) is 0 Å². The largest absolute Gasteiger partial charge is 0.490 e. The molecule has 0 radical (unpaired) electrons. The molecule has 0 aliphatic carbocycles. The van der Waals surface area contributed by atoms with Crippen molar-refractivity contribution in [1.82, 2.24) is 0 Å². The predicted molar refractivity (Wildman–Crippen MR) is 438 cm³/mol. The van der Waals surface area contributed by atoms with Crippen LogP contribution in [0.3, 0.4) is 0 Å². The summed E-state index contributed by atoms with van der Waals surface area (Å²) in [7, 11) is 0. The van der Waals surface area contributed by atoms with Crippen LogP contribution in [0.15, 0.2) is 146 Å². The maximum Gasteiger partial charge on any atom is 0.203 e. The first-order valence-corrected chi connectivity index (χ1v) is 39.8. The molecule has 0 amide bonds. The van der Waals surface area contributed by atoms with Crippen molar-refractivity contribution in [3.05, 3.63) is 168 Å². The van der Waals surface area contributed by atoms with Crippen molar-refractivity contribution < 1.29 is 37.9 Å². The second-order valence-electron chi connectivity index (χ2n) is 27.7. The Morgan fingerprint density at radius 1 is 0.206 bits per heavy atom. The first-order valence-electron chi connectivity index (χ1n) is 39.8. The third kappa shape index (κ3) is 23.3. The summed E-state index contributed by atoms with van der Waals surface area (Å²) in [6.07, 6.45) is 37.7. The molecular formula is C94H120O8. The molecule has 9 aromatic carbocycles. The van der Waals surface area contributed by atoms with Crippen molar-refractivity contribution in [2.75, 3.05) is 52.9 Å². The fourth-order valence-corrected chi connectivity index (χ4v) is 13.2. The van der Waals surface area contributed by atoms with E-state index in [1.54, 1.807) is 0 Å². The molecule has 9 rings (SSSR count). The quantitative estimate of drug-likeness (QED) is 0.0276.